The number of likely N-dealkylation sites (N-methyl/N-ethyl adjacent to an activating group) is 1. The van der Waals surface area contributed by atoms with Gasteiger partial charge in [-0.05, 0) is 45.1 Å². The average Bonchev–Trinajstić information content (AvgIpc) is 2.83. The first-order chi connectivity index (χ1) is 10.0. The van der Waals surface area contributed by atoms with Crippen LogP contribution < -0.4 is 10.5 Å². The van der Waals surface area contributed by atoms with Gasteiger partial charge in [-0.15, -0.1) is 0 Å². The molecule has 2 atom stereocenters. The number of hydrogen-bond donors (Lipinski definition) is 2. The third-order valence-corrected chi connectivity index (χ3v) is 3.93. The zero-order chi connectivity index (χ0) is 15.2. The van der Waals surface area contributed by atoms with Crippen molar-refractivity contribution in [2.24, 2.45) is 5.92 Å². The summed E-state index contributed by atoms with van der Waals surface area (Å²) in [4.78, 5) is 4.54. The van der Waals surface area contributed by atoms with Crippen LogP contribution in [0.4, 0.5) is 5.69 Å². The summed E-state index contributed by atoms with van der Waals surface area (Å²) in [5.41, 5.74) is 6.41. The first kappa shape index (κ1) is 16.1. The van der Waals surface area contributed by atoms with Crippen molar-refractivity contribution in [2.45, 2.75) is 12.5 Å². The predicted molar refractivity (Wildman–Crippen MR) is 85.5 cm³/mol. The van der Waals surface area contributed by atoms with Gasteiger partial charge in [0, 0.05) is 19.6 Å². The van der Waals surface area contributed by atoms with E-state index in [1.165, 1.54) is 13.0 Å². The molecule has 1 aromatic carbocycles. The topological polar surface area (TPSA) is 62.0 Å². The second-order valence-electron chi connectivity index (χ2n) is 6.14. The van der Waals surface area contributed by atoms with Crippen molar-refractivity contribution in [1.82, 2.24) is 9.80 Å². The molecule has 1 aliphatic rings. The maximum absolute atomic E-state index is 10.1. The fourth-order valence-electron chi connectivity index (χ4n) is 2.90. The second-order valence-corrected chi connectivity index (χ2v) is 6.14. The van der Waals surface area contributed by atoms with Gasteiger partial charge in [0.15, 0.2) is 0 Å². The van der Waals surface area contributed by atoms with Crippen LogP contribution in [-0.2, 0) is 0 Å². The van der Waals surface area contributed by atoms with Crippen molar-refractivity contribution in [1.29, 1.82) is 0 Å². The monoisotopic (exact) mass is 293 g/mol. The van der Waals surface area contributed by atoms with Gasteiger partial charge in [-0.25, -0.2) is 0 Å². The molecule has 118 valence electrons. The number of ether oxygens (including phenoxy) is 1. The summed E-state index contributed by atoms with van der Waals surface area (Å²) in [5.74, 6) is 1.34. The lowest BCUT2D eigenvalue weighted by molar-refractivity contribution is 0.0724. The van der Waals surface area contributed by atoms with Crippen LogP contribution in [0.5, 0.6) is 5.75 Å². The minimum Gasteiger partial charge on any atom is -0.489 e. The van der Waals surface area contributed by atoms with Crippen LogP contribution >= 0.6 is 0 Å². The number of nitrogens with zero attached hydrogens (tertiary/aromatic N) is 2. The van der Waals surface area contributed by atoms with Gasteiger partial charge < -0.3 is 25.4 Å². The van der Waals surface area contributed by atoms with Crippen molar-refractivity contribution in [3.05, 3.63) is 24.3 Å². The molecule has 3 N–H and O–H groups in total. The predicted octanol–water partition coefficient (Wildman–Crippen LogP) is 0.892. The van der Waals surface area contributed by atoms with Crippen LogP contribution in [0, 0.1) is 5.92 Å². The van der Waals surface area contributed by atoms with Crippen molar-refractivity contribution < 1.29 is 9.84 Å². The summed E-state index contributed by atoms with van der Waals surface area (Å²) in [6, 6.07) is 7.36. The second kappa shape index (κ2) is 7.64. The molecule has 5 heteroatoms. The fourth-order valence-corrected chi connectivity index (χ4v) is 2.90. The van der Waals surface area contributed by atoms with Crippen LogP contribution in [-0.4, -0.2) is 67.9 Å². The Balaban J connectivity index is 1.69. The number of anilines is 1. The molecule has 0 amide bonds. The molecule has 0 spiro atoms. The van der Waals surface area contributed by atoms with Gasteiger partial charge in [0.05, 0.1) is 5.69 Å². The fraction of sp³-hybridized carbons (Fsp3) is 0.625. The third kappa shape index (κ3) is 5.19. The SMILES string of the molecule is CN1CCC(CN(C)CC(O)COc2ccccc2N)C1. The van der Waals surface area contributed by atoms with E-state index in [1.807, 2.05) is 18.2 Å². The van der Waals surface area contributed by atoms with Crippen LogP contribution in [0.15, 0.2) is 24.3 Å². The summed E-state index contributed by atoms with van der Waals surface area (Å²) in [5, 5.41) is 10.1. The lowest BCUT2D eigenvalue weighted by Crippen LogP contribution is -2.36. The molecule has 1 heterocycles. The van der Waals surface area contributed by atoms with E-state index >= 15 is 0 Å². The lowest BCUT2D eigenvalue weighted by atomic mass is 10.1. The molecule has 0 radical (unpaired) electrons. The van der Waals surface area contributed by atoms with E-state index in [0.29, 0.717) is 23.9 Å². The molecule has 1 aromatic rings. The highest BCUT2D eigenvalue weighted by Crippen LogP contribution is 2.20. The molecule has 5 nitrogen and oxygen atoms in total. The number of nitrogen functional groups attached to an aromatic ring is 1. The molecule has 2 rings (SSSR count). The quantitative estimate of drug-likeness (QED) is 0.731. The normalized spacial score (nSPS) is 20.9. The summed E-state index contributed by atoms with van der Waals surface area (Å²) in [6.07, 6.45) is 0.738. The molecule has 1 aliphatic heterocycles. The van der Waals surface area contributed by atoms with Crippen molar-refractivity contribution >= 4 is 5.69 Å². The molecular formula is C16H27N3O2. The molecule has 0 aromatic heterocycles. The van der Waals surface area contributed by atoms with Crippen LogP contribution in [0.1, 0.15) is 6.42 Å². The highest BCUT2D eigenvalue weighted by molar-refractivity contribution is 5.51. The van der Waals surface area contributed by atoms with Gasteiger partial charge in [0.2, 0.25) is 0 Å². The largest absolute Gasteiger partial charge is 0.489 e. The summed E-state index contributed by atoms with van der Waals surface area (Å²) >= 11 is 0. The summed E-state index contributed by atoms with van der Waals surface area (Å²) < 4.78 is 5.58. The highest BCUT2D eigenvalue weighted by Gasteiger charge is 2.21. The van der Waals surface area contributed by atoms with E-state index in [9.17, 15) is 5.11 Å². The minimum atomic E-state index is -0.506. The number of aliphatic hydroxyl groups excluding tert-OH is 1. The molecular weight excluding hydrogens is 266 g/mol. The Labute approximate surface area is 127 Å². The van der Waals surface area contributed by atoms with Gasteiger partial charge in [0.1, 0.15) is 18.5 Å². The molecule has 0 saturated carbocycles. The Morgan fingerprint density at radius 1 is 1.48 bits per heavy atom. The summed E-state index contributed by atoms with van der Waals surface area (Å²) in [6.45, 7) is 4.24. The Morgan fingerprint density at radius 3 is 2.90 bits per heavy atom. The van der Waals surface area contributed by atoms with E-state index in [4.69, 9.17) is 10.5 Å². The summed E-state index contributed by atoms with van der Waals surface area (Å²) in [7, 11) is 4.21. The number of hydrogen-bond acceptors (Lipinski definition) is 5. The van der Waals surface area contributed by atoms with Crippen molar-refractivity contribution in [3.8, 4) is 5.75 Å². The van der Waals surface area contributed by atoms with Gasteiger partial charge in [-0.2, -0.15) is 0 Å². The van der Waals surface area contributed by atoms with Crippen LogP contribution in [0.25, 0.3) is 0 Å². The van der Waals surface area contributed by atoms with E-state index in [2.05, 4.69) is 23.9 Å². The first-order valence-corrected chi connectivity index (χ1v) is 7.57. The van der Waals surface area contributed by atoms with Gasteiger partial charge in [0.25, 0.3) is 0 Å². The highest BCUT2D eigenvalue weighted by atomic mass is 16.5. The van der Waals surface area contributed by atoms with Gasteiger partial charge in [-0.3, -0.25) is 0 Å². The number of likely N-dealkylation sites (tertiary alicyclic amines) is 1. The smallest absolute Gasteiger partial charge is 0.142 e. The van der Waals surface area contributed by atoms with Gasteiger partial charge >= 0.3 is 0 Å². The van der Waals surface area contributed by atoms with Crippen LogP contribution in [0.2, 0.25) is 0 Å². The van der Waals surface area contributed by atoms with Crippen molar-refractivity contribution in [3.63, 3.8) is 0 Å². The van der Waals surface area contributed by atoms with Gasteiger partial charge in [-0.1, -0.05) is 12.1 Å². The average molecular weight is 293 g/mol. The number of aliphatic hydroxyl groups is 1. The first-order valence-electron chi connectivity index (χ1n) is 7.57. The number of para-hydroxylation sites is 2. The number of benzene rings is 1. The zero-order valence-electron chi connectivity index (χ0n) is 13.0. The molecule has 1 fully saturated rings. The maximum Gasteiger partial charge on any atom is 0.142 e. The molecule has 1 saturated heterocycles. The molecule has 21 heavy (non-hydrogen) atoms. The molecule has 0 aliphatic carbocycles. The minimum absolute atomic E-state index is 0.267. The zero-order valence-corrected chi connectivity index (χ0v) is 13.0. The van der Waals surface area contributed by atoms with E-state index in [-0.39, 0.29) is 6.61 Å². The number of rotatable bonds is 7. The maximum atomic E-state index is 10.1. The Bertz CT molecular complexity index is 441. The molecule has 2 unspecified atom stereocenters. The third-order valence-electron chi connectivity index (χ3n) is 3.93. The molecule has 0 bridgehead atoms. The van der Waals surface area contributed by atoms with E-state index in [1.54, 1.807) is 6.07 Å². The number of nitrogens with two attached hydrogens (primary N) is 1. The van der Waals surface area contributed by atoms with Crippen LogP contribution in [0.3, 0.4) is 0 Å². The Kier molecular flexibility index (Phi) is 5.85. The van der Waals surface area contributed by atoms with E-state index < -0.39 is 6.10 Å². The lowest BCUT2D eigenvalue weighted by Gasteiger charge is -2.23. The Hall–Kier alpha value is -1.30. The van der Waals surface area contributed by atoms with Crippen molar-refractivity contribution in [2.75, 3.05) is 52.6 Å². The Morgan fingerprint density at radius 2 is 2.24 bits per heavy atom. The van der Waals surface area contributed by atoms with E-state index in [0.717, 1.165) is 13.1 Å². The standard InChI is InChI=1S/C16H27N3O2/c1-18-8-7-13(9-18)10-19(2)11-14(20)12-21-16-6-4-3-5-15(16)17/h3-6,13-14,20H,7-12,17H2,1-2H3.